The fraction of sp³-hybridized carbons (Fsp3) is 0.310. The summed E-state index contributed by atoms with van der Waals surface area (Å²) < 4.78 is 5.83. The number of carbonyl (C=O) groups is 2. The van der Waals surface area contributed by atoms with Gasteiger partial charge in [0, 0.05) is 23.3 Å². The number of anilines is 2. The van der Waals surface area contributed by atoms with Crippen LogP contribution in [0.15, 0.2) is 84.9 Å². The Morgan fingerprint density at radius 3 is 2.26 bits per heavy atom. The first kappa shape index (κ1) is 23.6. The Bertz CT molecular complexity index is 1120. The Hall–Kier alpha value is -3.60. The van der Waals surface area contributed by atoms with Crippen molar-refractivity contribution in [3.05, 3.63) is 90.5 Å². The lowest BCUT2D eigenvalue weighted by Crippen LogP contribution is -2.49. The van der Waals surface area contributed by atoms with Gasteiger partial charge in [0.05, 0.1) is 6.04 Å². The van der Waals surface area contributed by atoms with Crippen LogP contribution in [0, 0.1) is 5.92 Å². The number of benzene rings is 3. The van der Waals surface area contributed by atoms with E-state index >= 15 is 0 Å². The molecule has 176 valence electrons. The molecule has 0 aliphatic carbocycles. The SMILES string of the molecule is CC[C@@H](C)C(=O)N1c2ccccc2[C@H](N(C(=O)COc2ccccc2)c2ccccc2)C[C@@H]1C. The van der Waals surface area contributed by atoms with E-state index in [-0.39, 0.29) is 36.4 Å². The molecule has 0 saturated carbocycles. The van der Waals surface area contributed by atoms with E-state index in [0.717, 1.165) is 23.4 Å². The molecule has 3 aromatic carbocycles. The number of amides is 2. The minimum absolute atomic E-state index is 0.0459. The number of fused-ring (bicyclic) bond motifs is 1. The molecular formula is C29H32N2O3. The Labute approximate surface area is 202 Å². The molecule has 2 amide bonds. The smallest absolute Gasteiger partial charge is 0.265 e. The molecule has 0 fully saturated rings. The zero-order valence-corrected chi connectivity index (χ0v) is 20.1. The van der Waals surface area contributed by atoms with E-state index in [4.69, 9.17) is 4.74 Å². The lowest BCUT2D eigenvalue weighted by Gasteiger charge is -2.44. The molecule has 1 aliphatic heterocycles. The highest BCUT2D eigenvalue weighted by atomic mass is 16.5. The maximum Gasteiger partial charge on any atom is 0.265 e. The van der Waals surface area contributed by atoms with Gasteiger partial charge in [0.15, 0.2) is 6.61 Å². The van der Waals surface area contributed by atoms with Gasteiger partial charge < -0.3 is 14.5 Å². The number of para-hydroxylation sites is 3. The Kier molecular flexibility index (Phi) is 7.31. The molecule has 4 rings (SSSR count). The molecule has 3 atom stereocenters. The highest BCUT2D eigenvalue weighted by Gasteiger charge is 2.39. The lowest BCUT2D eigenvalue weighted by atomic mass is 9.88. The van der Waals surface area contributed by atoms with Crippen LogP contribution < -0.4 is 14.5 Å². The molecule has 5 nitrogen and oxygen atoms in total. The van der Waals surface area contributed by atoms with Crippen LogP contribution in [0.2, 0.25) is 0 Å². The van der Waals surface area contributed by atoms with Crippen molar-refractivity contribution in [2.75, 3.05) is 16.4 Å². The Morgan fingerprint density at radius 2 is 1.59 bits per heavy atom. The second-order valence-electron chi connectivity index (χ2n) is 8.88. The number of carbonyl (C=O) groups excluding carboxylic acids is 2. The predicted molar refractivity (Wildman–Crippen MR) is 136 cm³/mol. The van der Waals surface area contributed by atoms with Crippen molar-refractivity contribution in [3.8, 4) is 5.75 Å². The molecule has 0 unspecified atom stereocenters. The van der Waals surface area contributed by atoms with Crippen LogP contribution in [-0.2, 0) is 9.59 Å². The summed E-state index contributed by atoms with van der Waals surface area (Å²) in [4.78, 5) is 30.7. The molecule has 0 radical (unpaired) electrons. The molecule has 0 aromatic heterocycles. The first-order chi connectivity index (χ1) is 16.5. The summed E-state index contributed by atoms with van der Waals surface area (Å²) in [5.74, 6) is 0.611. The van der Waals surface area contributed by atoms with Crippen LogP contribution in [0.5, 0.6) is 5.75 Å². The summed E-state index contributed by atoms with van der Waals surface area (Å²) in [5.41, 5.74) is 2.68. The fourth-order valence-electron chi connectivity index (χ4n) is 4.59. The van der Waals surface area contributed by atoms with Crippen molar-refractivity contribution < 1.29 is 14.3 Å². The van der Waals surface area contributed by atoms with Gasteiger partial charge in [-0.2, -0.15) is 0 Å². The van der Waals surface area contributed by atoms with Crippen molar-refractivity contribution in [1.82, 2.24) is 0 Å². The predicted octanol–water partition coefficient (Wildman–Crippen LogP) is 6.01. The first-order valence-corrected chi connectivity index (χ1v) is 12.0. The molecule has 0 spiro atoms. The highest BCUT2D eigenvalue weighted by Crippen LogP contribution is 2.42. The van der Waals surface area contributed by atoms with Gasteiger partial charge in [0.25, 0.3) is 5.91 Å². The molecule has 1 aliphatic rings. The van der Waals surface area contributed by atoms with Crippen LogP contribution in [0.1, 0.15) is 45.2 Å². The summed E-state index contributed by atoms with van der Waals surface area (Å²) in [5, 5.41) is 0. The van der Waals surface area contributed by atoms with Crippen LogP contribution in [0.3, 0.4) is 0 Å². The zero-order valence-electron chi connectivity index (χ0n) is 20.1. The number of nitrogens with zero attached hydrogens (tertiary/aromatic N) is 2. The maximum atomic E-state index is 13.6. The average molecular weight is 457 g/mol. The van der Waals surface area contributed by atoms with Crippen molar-refractivity contribution >= 4 is 23.2 Å². The molecule has 1 heterocycles. The second kappa shape index (κ2) is 10.6. The van der Waals surface area contributed by atoms with E-state index in [2.05, 4.69) is 6.92 Å². The van der Waals surface area contributed by atoms with Crippen LogP contribution in [0.4, 0.5) is 11.4 Å². The number of ether oxygens (including phenoxy) is 1. The normalized spacial score (nSPS) is 18.0. The summed E-state index contributed by atoms with van der Waals surface area (Å²) in [6.07, 6.45) is 1.43. The Morgan fingerprint density at radius 1 is 0.971 bits per heavy atom. The molecule has 0 bridgehead atoms. The largest absolute Gasteiger partial charge is 0.484 e. The fourth-order valence-corrected chi connectivity index (χ4v) is 4.59. The van der Waals surface area contributed by atoms with Crippen molar-refractivity contribution in [2.24, 2.45) is 5.92 Å². The first-order valence-electron chi connectivity index (χ1n) is 12.0. The van der Waals surface area contributed by atoms with E-state index < -0.39 is 0 Å². The molecule has 0 saturated heterocycles. The average Bonchev–Trinajstić information content (AvgIpc) is 2.88. The minimum atomic E-state index is -0.207. The van der Waals surface area contributed by atoms with Gasteiger partial charge in [-0.1, -0.05) is 68.4 Å². The van der Waals surface area contributed by atoms with Gasteiger partial charge in [-0.3, -0.25) is 9.59 Å². The summed E-state index contributed by atoms with van der Waals surface area (Å²) in [6, 6.07) is 26.8. The lowest BCUT2D eigenvalue weighted by molar-refractivity contribution is -0.122. The van der Waals surface area contributed by atoms with Crippen molar-refractivity contribution in [1.29, 1.82) is 0 Å². The topological polar surface area (TPSA) is 49.9 Å². The Balaban J connectivity index is 1.71. The monoisotopic (exact) mass is 456 g/mol. The van der Waals surface area contributed by atoms with Crippen LogP contribution in [0.25, 0.3) is 0 Å². The molecule has 0 N–H and O–H groups in total. The number of hydrogen-bond donors (Lipinski definition) is 0. The number of rotatable bonds is 7. The van der Waals surface area contributed by atoms with Gasteiger partial charge in [-0.15, -0.1) is 0 Å². The van der Waals surface area contributed by atoms with Crippen molar-refractivity contribution in [3.63, 3.8) is 0 Å². The number of hydrogen-bond acceptors (Lipinski definition) is 3. The van der Waals surface area contributed by atoms with Gasteiger partial charge >= 0.3 is 0 Å². The van der Waals surface area contributed by atoms with Gasteiger partial charge in [-0.25, -0.2) is 0 Å². The van der Waals surface area contributed by atoms with Gasteiger partial charge in [0.2, 0.25) is 5.91 Å². The minimum Gasteiger partial charge on any atom is -0.484 e. The van der Waals surface area contributed by atoms with Crippen LogP contribution >= 0.6 is 0 Å². The third-order valence-corrected chi connectivity index (χ3v) is 6.55. The van der Waals surface area contributed by atoms with Gasteiger partial charge in [0.1, 0.15) is 5.75 Å². The summed E-state index contributed by atoms with van der Waals surface area (Å²) in [7, 11) is 0. The van der Waals surface area contributed by atoms with Crippen LogP contribution in [-0.4, -0.2) is 24.5 Å². The molecule has 5 heteroatoms. The molecular weight excluding hydrogens is 424 g/mol. The highest BCUT2D eigenvalue weighted by molar-refractivity contribution is 5.99. The van der Waals surface area contributed by atoms with Gasteiger partial charge in [-0.05, 0) is 55.7 Å². The maximum absolute atomic E-state index is 13.6. The van der Waals surface area contributed by atoms with E-state index in [9.17, 15) is 9.59 Å². The zero-order chi connectivity index (χ0) is 24.1. The van der Waals surface area contributed by atoms with Crippen molar-refractivity contribution in [2.45, 2.75) is 45.7 Å². The molecule has 34 heavy (non-hydrogen) atoms. The van der Waals surface area contributed by atoms with E-state index in [1.54, 1.807) is 0 Å². The van der Waals surface area contributed by atoms with E-state index in [0.29, 0.717) is 12.2 Å². The van der Waals surface area contributed by atoms with E-state index in [1.807, 2.05) is 109 Å². The summed E-state index contributed by atoms with van der Waals surface area (Å²) >= 11 is 0. The van der Waals surface area contributed by atoms with E-state index in [1.165, 1.54) is 0 Å². The quantitative estimate of drug-likeness (QED) is 0.437. The standard InChI is InChI=1S/C29H32N2O3/c1-4-21(2)29(33)30-22(3)19-27(25-17-11-12-18-26(25)30)31(23-13-7-5-8-14-23)28(32)20-34-24-15-9-6-10-16-24/h5-18,21-22,27H,4,19-20H2,1-3H3/t21-,22+,27-/m1/s1. The third-order valence-electron chi connectivity index (χ3n) is 6.55. The second-order valence-corrected chi connectivity index (χ2v) is 8.88. The molecule has 3 aromatic rings. The third kappa shape index (κ3) is 4.84. The summed E-state index contributed by atoms with van der Waals surface area (Å²) in [6.45, 7) is 6.01.